The van der Waals surface area contributed by atoms with Crippen LogP contribution >= 0.6 is 22.9 Å². The lowest BCUT2D eigenvalue weighted by atomic mass is 9.77. The first-order chi connectivity index (χ1) is 9.79. The van der Waals surface area contributed by atoms with Crippen molar-refractivity contribution in [2.45, 2.75) is 59.0 Å². The minimum Gasteiger partial charge on any atom is -0.326 e. The highest BCUT2D eigenvalue weighted by Crippen LogP contribution is 2.38. The SMILES string of the molecule is CC(N)C(c1ccc(Cl)s1)N1CCCC(C(C)(C)C)CC1. The number of hydrogen-bond donors (Lipinski definition) is 1. The Balaban J connectivity index is 2.11. The van der Waals surface area contributed by atoms with E-state index >= 15 is 0 Å². The average molecular weight is 329 g/mol. The average Bonchev–Trinajstić information content (AvgIpc) is 2.62. The van der Waals surface area contributed by atoms with Crippen LogP contribution in [0.2, 0.25) is 4.34 Å². The topological polar surface area (TPSA) is 29.3 Å². The van der Waals surface area contributed by atoms with E-state index in [9.17, 15) is 0 Å². The number of nitrogens with two attached hydrogens (primary N) is 1. The van der Waals surface area contributed by atoms with Crippen LogP contribution in [0.25, 0.3) is 0 Å². The molecule has 120 valence electrons. The molecular weight excluding hydrogens is 300 g/mol. The fourth-order valence-electron chi connectivity index (χ4n) is 3.52. The minimum atomic E-state index is 0.130. The summed E-state index contributed by atoms with van der Waals surface area (Å²) in [7, 11) is 0. The van der Waals surface area contributed by atoms with Crippen LogP contribution in [-0.4, -0.2) is 24.0 Å². The maximum atomic E-state index is 6.30. The zero-order valence-corrected chi connectivity index (χ0v) is 15.3. The van der Waals surface area contributed by atoms with Gasteiger partial charge in [-0.1, -0.05) is 32.4 Å². The number of rotatable bonds is 3. The van der Waals surface area contributed by atoms with Crippen LogP contribution in [0.1, 0.15) is 57.9 Å². The molecule has 2 rings (SSSR count). The number of halogens is 1. The van der Waals surface area contributed by atoms with E-state index in [1.807, 2.05) is 6.07 Å². The highest BCUT2D eigenvalue weighted by Gasteiger charge is 2.31. The monoisotopic (exact) mass is 328 g/mol. The summed E-state index contributed by atoms with van der Waals surface area (Å²) in [6.07, 6.45) is 3.87. The molecular formula is C17H29ClN2S. The Kier molecular flexibility index (Phi) is 5.75. The summed E-state index contributed by atoms with van der Waals surface area (Å²) < 4.78 is 0.859. The Hall–Kier alpha value is -0.0900. The van der Waals surface area contributed by atoms with E-state index in [-0.39, 0.29) is 6.04 Å². The highest BCUT2D eigenvalue weighted by atomic mass is 35.5. The van der Waals surface area contributed by atoms with E-state index in [2.05, 4.69) is 38.7 Å². The third-order valence-electron chi connectivity index (χ3n) is 4.76. The molecule has 2 N–H and O–H groups in total. The van der Waals surface area contributed by atoms with E-state index in [0.29, 0.717) is 11.5 Å². The van der Waals surface area contributed by atoms with Gasteiger partial charge in [-0.05, 0) is 62.7 Å². The molecule has 4 heteroatoms. The van der Waals surface area contributed by atoms with Gasteiger partial charge in [0.05, 0.1) is 10.4 Å². The van der Waals surface area contributed by atoms with Crippen molar-refractivity contribution in [3.8, 4) is 0 Å². The van der Waals surface area contributed by atoms with Crippen LogP contribution in [0.15, 0.2) is 12.1 Å². The van der Waals surface area contributed by atoms with E-state index < -0.39 is 0 Å². The lowest BCUT2D eigenvalue weighted by Crippen LogP contribution is -2.39. The zero-order chi connectivity index (χ0) is 15.6. The van der Waals surface area contributed by atoms with Gasteiger partial charge in [-0.2, -0.15) is 0 Å². The molecule has 3 atom stereocenters. The first kappa shape index (κ1) is 17.3. The van der Waals surface area contributed by atoms with Gasteiger partial charge in [0.1, 0.15) is 0 Å². The van der Waals surface area contributed by atoms with Crippen molar-refractivity contribution in [1.82, 2.24) is 4.90 Å². The molecule has 0 aromatic carbocycles. The Labute approximate surface area is 138 Å². The molecule has 1 fully saturated rings. The van der Waals surface area contributed by atoms with Gasteiger partial charge >= 0.3 is 0 Å². The fraction of sp³-hybridized carbons (Fsp3) is 0.765. The molecule has 21 heavy (non-hydrogen) atoms. The standard InChI is InChI=1S/C17H29ClN2S/c1-12(19)16(14-7-8-15(18)21-14)20-10-5-6-13(9-11-20)17(2,3)4/h7-8,12-13,16H,5-6,9-11,19H2,1-4H3. The molecule has 1 aromatic heterocycles. The smallest absolute Gasteiger partial charge is 0.0931 e. The lowest BCUT2D eigenvalue weighted by molar-refractivity contribution is 0.170. The molecule has 1 saturated heterocycles. The predicted molar refractivity (Wildman–Crippen MR) is 94.1 cm³/mol. The summed E-state index contributed by atoms with van der Waals surface area (Å²) in [5.41, 5.74) is 6.71. The molecule has 2 heterocycles. The second-order valence-electron chi connectivity index (χ2n) is 7.48. The Morgan fingerprint density at radius 2 is 2.00 bits per heavy atom. The largest absolute Gasteiger partial charge is 0.326 e. The van der Waals surface area contributed by atoms with E-state index in [1.54, 1.807) is 11.3 Å². The molecule has 0 bridgehead atoms. The van der Waals surface area contributed by atoms with Crippen molar-refractivity contribution in [3.63, 3.8) is 0 Å². The van der Waals surface area contributed by atoms with Gasteiger partial charge in [-0.25, -0.2) is 0 Å². The van der Waals surface area contributed by atoms with Gasteiger partial charge < -0.3 is 5.73 Å². The quantitative estimate of drug-likeness (QED) is 0.851. The molecule has 0 saturated carbocycles. The van der Waals surface area contributed by atoms with Crippen molar-refractivity contribution >= 4 is 22.9 Å². The molecule has 0 amide bonds. The second-order valence-corrected chi connectivity index (χ2v) is 9.22. The summed E-state index contributed by atoms with van der Waals surface area (Å²) in [4.78, 5) is 3.89. The molecule has 2 nitrogen and oxygen atoms in total. The van der Waals surface area contributed by atoms with Gasteiger partial charge in [-0.15, -0.1) is 11.3 Å². The number of hydrogen-bond acceptors (Lipinski definition) is 3. The van der Waals surface area contributed by atoms with Crippen LogP contribution in [0.5, 0.6) is 0 Å². The summed E-state index contributed by atoms with van der Waals surface area (Å²) in [6.45, 7) is 11.5. The minimum absolute atomic E-state index is 0.130. The van der Waals surface area contributed by atoms with E-state index in [4.69, 9.17) is 17.3 Å². The van der Waals surface area contributed by atoms with Crippen LogP contribution in [0.4, 0.5) is 0 Å². The van der Waals surface area contributed by atoms with Crippen LogP contribution in [0.3, 0.4) is 0 Å². The van der Waals surface area contributed by atoms with Crippen molar-refractivity contribution in [3.05, 3.63) is 21.3 Å². The summed E-state index contributed by atoms with van der Waals surface area (Å²) in [5, 5.41) is 0. The summed E-state index contributed by atoms with van der Waals surface area (Å²) >= 11 is 7.80. The van der Waals surface area contributed by atoms with Crippen molar-refractivity contribution in [2.75, 3.05) is 13.1 Å². The van der Waals surface area contributed by atoms with Crippen molar-refractivity contribution < 1.29 is 0 Å². The first-order valence-electron chi connectivity index (χ1n) is 8.04. The van der Waals surface area contributed by atoms with Crippen LogP contribution in [0, 0.1) is 11.3 Å². The van der Waals surface area contributed by atoms with Gasteiger partial charge in [-0.3, -0.25) is 4.90 Å². The van der Waals surface area contributed by atoms with Crippen molar-refractivity contribution in [1.29, 1.82) is 0 Å². The maximum Gasteiger partial charge on any atom is 0.0931 e. The van der Waals surface area contributed by atoms with E-state index in [0.717, 1.165) is 23.3 Å². The number of nitrogens with zero attached hydrogens (tertiary/aromatic N) is 1. The molecule has 0 aliphatic carbocycles. The first-order valence-corrected chi connectivity index (χ1v) is 9.23. The Morgan fingerprint density at radius 1 is 1.29 bits per heavy atom. The molecule has 1 aliphatic rings. The van der Waals surface area contributed by atoms with E-state index in [1.165, 1.54) is 24.1 Å². The normalized spacial score (nSPS) is 24.6. The summed E-state index contributed by atoms with van der Waals surface area (Å²) in [6, 6.07) is 4.58. The Bertz CT molecular complexity index is 450. The summed E-state index contributed by atoms with van der Waals surface area (Å²) in [5.74, 6) is 0.808. The third kappa shape index (κ3) is 4.44. The van der Waals surface area contributed by atoms with Gasteiger partial charge in [0.25, 0.3) is 0 Å². The third-order valence-corrected chi connectivity index (χ3v) is 6.07. The second kappa shape index (κ2) is 6.99. The molecule has 3 unspecified atom stereocenters. The van der Waals surface area contributed by atoms with Crippen LogP contribution < -0.4 is 5.73 Å². The maximum absolute atomic E-state index is 6.30. The van der Waals surface area contributed by atoms with Crippen LogP contribution in [-0.2, 0) is 0 Å². The number of likely N-dealkylation sites (tertiary alicyclic amines) is 1. The lowest BCUT2D eigenvalue weighted by Gasteiger charge is -2.33. The molecule has 0 spiro atoms. The van der Waals surface area contributed by atoms with Crippen molar-refractivity contribution in [2.24, 2.45) is 17.1 Å². The zero-order valence-electron chi connectivity index (χ0n) is 13.7. The predicted octanol–water partition coefficient (Wildman–Crippen LogP) is 4.94. The Morgan fingerprint density at radius 3 is 2.52 bits per heavy atom. The van der Waals surface area contributed by atoms with Gasteiger partial charge in [0.2, 0.25) is 0 Å². The van der Waals surface area contributed by atoms with Gasteiger partial charge in [0.15, 0.2) is 0 Å². The molecule has 0 radical (unpaired) electrons. The number of thiophene rings is 1. The molecule has 1 aromatic rings. The van der Waals surface area contributed by atoms with Gasteiger partial charge in [0, 0.05) is 10.9 Å². The highest BCUT2D eigenvalue weighted by molar-refractivity contribution is 7.16. The fourth-order valence-corrected chi connectivity index (χ4v) is 4.83. The molecule has 1 aliphatic heterocycles.